The Morgan fingerprint density at radius 3 is 2.72 bits per heavy atom. The van der Waals surface area contributed by atoms with Gasteiger partial charge in [0, 0.05) is 12.1 Å². The fraction of sp³-hybridized carbons (Fsp3) is 0.300. The van der Waals surface area contributed by atoms with Crippen molar-refractivity contribution in [1.82, 2.24) is 15.1 Å². The number of nitrogens with one attached hydrogen (secondary N) is 1. The molecule has 130 valence electrons. The highest BCUT2D eigenvalue weighted by atomic mass is 16.3. The molecule has 0 aliphatic heterocycles. The van der Waals surface area contributed by atoms with Gasteiger partial charge in [-0.25, -0.2) is 4.68 Å². The van der Waals surface area contributed by atoms with E-state index in [1.165, 1.54) is 5.56 Å². The molecule has 3 aromatic rings. The van der Waals surface area contributed by atoms with Crippen molar-refractivity contribution in [2.75, 3.05) is 0 Å². The first-order chi connectivity index (χ1) is 12.0. The Kier molecular flexibility index (Phi) is 4.74. The van der Waals surface area contributed by atoms with Crippen LogP contribution in [0, 0.1) is 13.8 Å². The van der Waals surface area contributed by atoms with Crippen LogP contribution < -0.4 is 5.32 Å². The number of carbonyl (C=O) groups is 1. The van der Waals surface area contributed by atoms with E-state index in [9.17, 15) is 4.79 Å². The molecule has 1 aromatic carbocycles. The molecule has 0 aliphatic rings. The molecule has 0 aliphatic carbocycles. The highest BCUT2D eigenvalue weighted by Gasteiger charge is 2.20. The second-order valence-electron chi connectivity index (χ2n) is 6.38. The van der Waals surface area contributed by atoms with Crippen molar-refractivity contribution in [3.63, 3.8) is 0 Å². The Bertz CT molecular complexity index is 878. The molecule has 1 amide bonds. The zero-order valence-electron chi connectivity index (χ0n) is 15.0. The van der Waals surface area contributed by atoms with E-state index in [0.29, 0.717) is 17.1 Å². The summed E-state index contributed by atoms with van der Waals surface area (Å²) in [7, 11) is 0. The molecule has 3 rings (SSSR count). The van der Waals surface area contributed by atoms with Gasteiger partial charge in [0.15, 0.2) is 5.76 Å². The molecule has 0 saturated heterocycles. The lowest BCUT2D eigenvalue weighted by molar-refractivity contribution is 0.0931. The summed E-state index contributed by atoms with van der Waals surface area (Å²) in [5.74, 6) is 0.501. The summed E-state index contributed by atoms with van der Waals surface area (Å²) in [6.45, 7) is 8.10. The van der Waals surface area contributed by atoms with Crippen molar-refractivity contribution >= 4 is 5.91 Å². The summed E-state index contributed by atoms with van der Waals surface area (Å²) in [4.78, 5) is 12.8. The topological polar surface area (TPSA) is 60.1 Å². The van der Waals surface area contributed by atoms with E-state index in [-0.39, 0.29) is 11.9 Å². The molecule has 2 heterocycles. The first-order valence-corrected chi connectivity index (χ1v) is 8.52. The number of carbonyl (C=O) groups excluding carboxylic acids is 1. The summed E-state index contributed by atoms with van der Waals surface area (Å²) in [6, 6.07) is 11.6. The van der Waals surface area contributed by atoms with Gasteiger partial charge in [0.05, 0.1) is 12.0 Å². The van der Waals surface area contributed by atoms with Gasteiger partial charge >= 0.3 is 0 Å². The highest BCUT2D eigenvalue weighted by Crippen LogP contribution is 2.24. The number of rotatable bonds is 5. The maximum absolute atomic E-state index is 12.8. The van der Waals surface area contributed by atoms with Gasteiger partial charge in [0.2, 0.25) is 0 Å². The van der Waals surface area contributed by atoms with Crippen molar-refractivity contribution in [2.24, 2.45) is 0 Å². The summed E-state index contributed by atoms with van der Waals surface area (Å²) < 4.78 is 7.15. The smallest absolute Gasteiger partial charge is 0.270 e. The second-order valence-corrected chi connectivity index (χ2v) is 6.38. The fourth-order valence-electron chi connectivity index (χ4n) is 2.71. The normalized spacial score (nSPS) is 12.2. The number of hydrogen-bond donors (Lipinski definition) is 1. The predicted octanol–water partition coefficient (Wildman–Crippen LogP) is 4.28. The zero-order chi connectivity index (χ0) is 18.0. The van der Waals surface area contributed by atoms with Crippen LogP contribution in [0.3, 0.4) is 0 Å². The monoisotopic (exact) mass is 337 g/mol. The molecule has 5 heteroatoms. The third kappa shape index (κ3) is 3.50. The summed E-state index contributed by atoms with van der Waals surface area (Å²) in [5, 5.41) is 7.64. The third-order valence-corrected chi connectivity index (χ3v) is 4.29. The van der Waals surface area contributed by atoms with Crippen LogP contribution in [0.1, 0.15) is 41.9 Å². The lowest BCUT2D eigenvalue weighted by Crippen LogP contribution is -2.33. The third-order valence-electron chi connectivity index (χ3n) is 4.29. The molecule has 0 saturated carbocycles. The quantitative estimate of drug-likeness (QED) is 0.756. The molecule has 0 radical (unpaired) electrons. The van der Waals surface area contributed by atoms with Gasteiger partial charge in [-0.1, -0.05) is 24.6 Å². The van der Waals surface area contributed by atoms with Crippen molar-refractivity contribution < 1.29 is 9.21 Å². The standard InChI is InChI=1S/C20H23N3O2/c1-5-15(4)21-20(24)18-12-16(19-7-6-10-25-19)22-23(18)17-9-8-13(2)11-14(17)3/h6-12,15H,5H2,1-4H3,(H,21,24)/t15-/m0/s1. The molecular formula is C20H23N3O2. The van der Waals surface area contributed by atoms with Gasteiger partial charge in [-0.05, 0) is 51.0 Å². The van der Waals surface area contributed by atoms with Crippen molar-refractivity contribution in [3.8, 4) is 17.1 Å². The molecule has 5 nitrogen and oxygen atoms in total. The van der Waals surface area contributed by atoms with Crippen LogP contribution in [0.4, 0.5) is 0 Å². The minimum absolute atomic E-state index is 0.0991. The van der Waals surface area contributed by atoms with E-state index in [1.54, 1.807) is 17.0 Å². The SMILES string of the molecule is CC[C@H](C)NC(=O)c1cc(-c2ccco2)nn1-c1ccc(C)cc1C. The van der Waals surface area contributed by atoms with Crippen LogP contribution in [0.2, 0.25) is 0 Å². The number of aromatic nitrogens is 2. The molecule has 2 aromatic heterocycles. The Balaban J connectivity index is 2.10. The van der Waals surface area contributed by atoms with Gasteiger partial charge in [0.1, 0.15) is 11.4 Å². The number of amides is 1. The lowest BCUT2D eigenvalue weighted by atomic mass is 10.1. The number of furan rings is 1. The molecule has 25 heavy (non-hydrogen) atoms. The summed E-state index contributed by atoms with van der Waals surface area (Å²) in [5.41, 5.74) is 4.26. The van der Waals surface area contributed by atoms with Gasteiger partial charge in [0.25, 0.3) is 5.91 Å². The maximum Gasteiger partial charge on any atom is 0.270 e. The van der Waals surface area contributed by atoms with Gasteiger partial charge in [-0.2, -0.15) is 5.10 Å². The Morgan fingerprint density at radius 1 is 1.28 bits per heavy atom. The fourth-order valence-corrected chi connectivity index (χ4v) is 2.71. The molecule has 1 atom stereocenters. The van der Waals surface area contributed by atoms with Crippen LogP contribution in [0.25, 0.3) is 17.1 Å². The first-order valence-electron chi connectivity index (χ1n) is 8.52. The van der Waals surface area contributed by atoms with Gasteiger partial charge < -0.3 is 9.73 Å². The molecule has 0 fully saturated rings. The molecular weight excluding hydrogens is 314 g/mol. The maximum atomic E-state index is 12.8. The minimum Gasteiger partial charge on any atom is -0.463 e. The lowest BCUT2D eigenvalue weighted by Gasteiger charge is -2.14. The average Bonchev–Trinajstić information content (AvgIpc) is 3.24. The van der Waals surface area contributed by atoms with Crippen LogP contribution in [-0.4, -0.2) is 21.7 Å². The van der Waals surface area contributed by atoms with Crippen molar-refractivity contribution in [2.45, 2.75) is 40.2 Å². The molecule has 0 spiro atoms. The van der Waals surface area contributed by atoms with Crippen LogP contribution >= 0.6 is 0 Å². The van der Waals surface area contributed by atoms with E-state index in [2.05, 4.69) is 16.5 Å². The predicted molar refractivity (Wildman–Crippen MR) is 98.0 cm³/mol. The van der Waals surface area contributed by atoms with Crippen LogP contribution in [0.15, 0.2) is 47.1 Å². The Hall–Kier alpha value is -2.82. The van der Waals surface area contributed by atoms with E-state index >= 15 is 0 Å². The minimum atomic E-state index is -0.139. The van der Waals surface area contributed by atoms with Crippen molar-refractivity contribution in [1.29, 1.82) is 0 Å². The Morgan fingerprint density at radius 2 is 2.08 bits per heavy atom. The summed E-state index contributed by atoms with van der Waals surface area (Å²) in [6.07, 6.45) is 2.47. The van der Waals surface area contributed by atoms with E-state index < -0.39 is 0 Å². The second kappa shape index (κ2) is 6.97. The van der Waals surface area contributed by atoms with Gasteiger partial charge in [-0.3, -0.25) is 4.79 Å². The zero-order valence-corrected chi connectivity index (χ0v) is 15.0. The number of benzene rings is 1. The molecule has 1 N–H and O–H groups in total. The van der Waals surface area contributed by atoms with Crippen LogP contribution in [-0.2, 0) is 0 Å². The number of aryl methyl sites for hydroxylation is 2. The largest absolute Gasteiger partial charge is 0.463 e. The van der Waals surface area contributed by atoms with Crippen LogP contribution in [0.5, 0.6) is 0 Å². The highest BCUT2D eigenvalue weighted by molar-refractivity contribution is 5.94. The summed E-state index contributed by atoms with van der Waals surface area (Å²) >= 11 is 0. The molecule has 0 unspecified atom stereocenters. The van der Waals surface area contributed by atoms with E-state index in [4.69, 9.17) is 4.42 Å². The number of nitrogens with zero attached hydrogens (tertiary/aromatic N) is 2. The van der Waals surface area contributed by atoms with E-state index in [0.717, 1.165) is 17.7 Å². The Labute approximate surface area is 147 Å². The van der Waals surface area contributed by atoms with Crippen molar-refractivity contribution in [3.05, 3.63) is 59.5 Å². The first kappa shape index (κ1) is 17.0. The van der Waals surface area contributed by atoms with Gasteiger partial charge in [-0.15, -0.1) is 0 Å². The average molecular weight is 337 g/mol. The molecule has 0 bridgehead atoms. The number of hydrogen-bond acceptors (Lipinski definition) is 3. The van der Waals surface area contributed by atoms with E-state index in [1.807, 2.05) is 52.0 Å².